The topological polar surface area (TPSA) is 23.6 Å². The average Bonchev–Trinajstić information content (AvgIpc) is 2.57. The molecule has 0 aliphatic carbocycles. The third kappa shape index (κ3) is 2.77. The Balaban J connectivity index is 1.91. The number of carbonyl (C=O) groups excluding carboxylic acids is 1. The Labute approximate surface area is 98.1 Å². The summed E-state index contributed by atoms with van der Waals surface area (Å²) in [5.41, 5.74) is 1.42. The lowest BCUT2D eigenvalue weighted by Gasteiger charge is -2.31. The lowest BCUT2D eigenvalue weighted by molar-refractivity contribution is 0.158. The fourth-order valence-electron chi connectivity index (χ4n) is 2.41. The maximum Gasteiger partial charge on any atom is 0.320 e. The first-order valence-corrected chi connectivity index (χ1v) is 6.47. The Hall–Kier alpha value is -0.990. The molecule has 0 aromatic heterocycles. The van der Waals surface area contributed by atoms with E-state index in [9.17, 15) is 4.79 Å². The highest BCUT2D eigenvalue weighted by molar-refractivity contribution is 5.74. The van der Waals surface area contributed by atoms with Crippen LogP contribution in [0.25, 0.3) is 0 Å². The van der Waals surface area contributed by atoms with Crippen molar-refractivity contribution in [3.8, 4) is 0 Å². The maximum absolute atomic E-state index is 12.2. The quantitative estimate of drug-likeness (QED) is 0.578. The van der Waals surface area contributed by atoms with Gasteiger partial charge in [0.2, 0.25) is 0 Å². The van der Waals surface area contributed by atoms with Crippen molar-refractivity contribution in [2.75, 3.05) is 26.2 Å². The molecule has 2 amide bonds. The third-order valence-corrected chi connectivity index (χ3v) is 3.58. The summed E-state index contributed by atoms with van der Waals surface area (Å²) in [4.78, 5) is 16.3. The predicted molar refractivity (Wildman–Crippen MR) is 65.4 cm³/mol. The van der Waals surface area contributed by atoms with Gasteiger partial charge in [0.05, 0.1) is 0 Å². The molecule has 1 fully saturated rings. The Morgan fingerprint density at radius 3 is 2.31 bits per heavy atom. The average molecular weight is 222 g/mol. The van der Waals surface area contributed by atoms with Gasteiger partial charge in [0, 0.05) is 26.2 Å². The SMILES string of the molecule is CC1=CCN(C(=O)N2CCCCCC2)CC1. The van der Waals surface area contributed by atoms with E-state index in [-0.39, 0.29) is 6.03 Å². The van der Waals surface area contributed by atoms with Crippen LogP contribution in [-0.2, 0) is 0 Å². The van der Waals surface area contributed by atoms with E-state index in [1.54, 1.807) is 0 Å². The maximum atomic E-state index is 12.2. The summed E-state index contributed by atoms with van der Waals surface area (Å²) in [6.07, 6.45) is 8.13. The summed E-state index contributed by atoms with van der Waals surface area (Å²) in [6.45, 7) is 5.77. The van der Waals surface area contributed by atoms with Gasteiger partial charge in [-0.25, -0.2) is 4.79 Å². The fourth-order valence-corrected chi connectivity index (χ4v) is 2.41. The van der Waals surface area contributed by atoms with Crippen molar-refractivity contribution >= 4 is 6.03 Å². The van der Waals surface area contributed by atoms with Crippen LogP contribution < -0.4 is 0 Å². The van der Waals surface area contributed by atoms with Gasteiger partial charge in [0.25, 0.3) is 0 Å². The number of nitrogens with zero attached hydrogens (tertiary/aromatic N) is 2. The molecular formula is C13H22N2O. The predicted octanol–water partition coefficient (Wildman–Crippen LogP) is 2.63. The molecule has 2 heterocycles. The van der Waals surface area contributed by atoms with E-state index in [4.69, 9.17) is 0 Å². The van der Waals surface area contributed by atoms with E-state index in [0.717, 1.165) is 32.6 Å². The summed E-state index contributed by atoms with van der Waals surface area (Å²) >= 11 is 0. The summed E-state index contributed by atoms with van der Waals surface area (Å²) < 4.78 is 0. The van der Waals surface area contributed by atoms with Gasteiger partial charge in [-0.05, 0) is 26.2 Å². The van der Waals surface area contributed by atoms with Gasteiger partial charge in [-0.3, -0.25) is 0 Å². The first kappa shape index (κ1) is 11.5. The van der Waals surface area contributed by atoms with Crippen LogP contribution in [0.3, 0.4) is 0 Å². The first-order valence-electron chi connectivity index (χ1n) is 6.47. The largest absolute Gasteiger partial charge is 0.325 e. The third-order valence-electron chi connectivity index (χ3n) is 3.58. The van der Waals surface area contributed by atoms with Gasteiger partial charge in [0.1, 0.15) is 0 Å². The minimum Gasteiger partial charge on any atom is -0.325 e. The second-order valence-electron chi connectivity index (χ2n) is 4.93. The molecule has 0 aromatic carbocycles. The van der Waals surface area contributed by atoms with Gasteiger partial charge >= 0.3 is 6.03 Å². The van der Waals surface area contributed by atoms with Crippen LogP contribution in [0, 0.1) is 0 Å². The minimum atomic E-state index is 0.255. The molecule has 0 unspecified atom stereocenters. The molecule has 0 spiro atoms. The van der Waals surface area contributed by atoms with Crippen LogP contribution >= 0.6 is 0 Å². The Morgan fingerprint density at radius 1 is 1.06 bits per heavy atom. The molecule has 0 atom stereocenters. The highest BCUT2D eigenvalue weighted by atomic mass is 16.2. The highest BCUT2D eigenvalue weighted by Gasteiger charge is 2.22. The number of hydrogen-bond donors (Lipinski definition) is 0. The van der Waals surface area contributed by atoms with Crippen molar-refractivity contribution in [3.63, 3.8) is 0 Å². The van der Waals surface area contributed by atoms with Crippen molar-refractivity contribution in [3.05, 3.63) is 11.6 Å². The molecule has 0 saturated carbocycles. The van der Waals surface area contributed by atoms with Crippen LogP contribution in [0.1, 0.15) is 39.0 Å². The van der Waals surface area contributed by atoms with Crippen molar-refractivity contribution in [2.24, 2.45) is 0 Å². The van der Waals surface area contributed by atoms with Gasteiger partial charge in [-0.15, -0.1) is 0 Å². The molecule has 16 heavy (non-hydrogen) atoms. The lowest BCUT2D eigenvalue weighted by Crippen LogP contribution is -2.45. The Morgan fingerprint density at radius 2 is 1.75 bits per heavy atom. The van der Waals surface area contributed by atoms with Crippen molar-refractivity contribution in [1.82, 2.24) is 9.80 Å². The van der Waals surface area contributed by atoms with Crippen LogP contribution in [-0.4, -0.2) is 42.0 Å². The fraction of sp³-hybridized carbons (Fsp3) is 0.769. The van der Waals surface area contributed by atoms with E-state index in [2.05, 4.69) is 13.0 Å². The number of amides is 2. The Bertz CT molecular complexity index is 278. The number of urea groups is 1. The van der Waals surface area contributed by atoms with E-state index in [1.165, 1.54) is 31.3 Å². The smallest absolute Gasteiger partial charge is 0.320 e. The number of hydrogen-bond acceptors (Lipinski definition) is 1. The zero-order valence-corrected chi connectivity index (χ0v) is 10.2. The second-order valence-corrected chi connectivity index (χ2v) is 4.93. The zero-order valence-electron chi connectivity index (χ0n) is 10.2. The van der Waals surface area contributed by atoms with E-state index in [1.807, 2.05) is 9.80 Å². The number of likely N-dealkylation sites (tertiary alicyclic amines) is 1. The molecule has 3 nitrogen and oxygen atoms in total. The van der Waals surface area contributed by atoms with Crippen LogP contribution in [0.5, 0.6) is 0 Å². The minimum absolute atomic E-state index is 0.255. The molecule has 2 rings (SSSR count). The zero-order chi connectivity index (χ0) is 11.4. The standard InChI is InChI=1S/C13H22N2O/c1-12-6-10-15(11-7-12)13(16)14-8-4-2-3-5-9-14/h6H,2-5,7-11H2,1H3. The Kier molecular flexibility index (Phi) is 3.86. The van der Waals surface area contributed by atoms with Crippen LogP contribution in [0.2, 0.25) is 0 Å². The van der Waals surface area contributed by atoms with Gasteiger partial charge < -0.3 is 9.80 Å². The van der Waals surface area contributed by atoms with Gasteiger partial charge in [-0.2, -0.15) is 0 Å². The van der Waals surface area contributed by atoms with E-state index >= 15 is 0 Å². The molecule has 3 heteroatoms. The molecule has 0 N–H and O–H groups in total. The van der Waals surface area contributed by atoms with Crippen LogP contribution in [0.4, 0.5) is 4.79 Å². The molecule has 90 valence electrons. The van der Waals surface area contributed by atoms with Crippen molar-refractivity contribution in [1.29, 1.82) is 0 Å². The van der Waals surface area contributed by atoms with Crippen molar-refractivity contribution in [2.45, 2.75) is 39.0 Å². The molecule has 0 aromatic rings. The first-order chi connectivity index (χ1) is 7.77. The highest BCUT2D eigenvalue weighted by Crippen LogP contribution is 2.15. The molecule has 1 saturated heterocycles. The van der Waals surface area contributed by atoms with Crippen LogP contribution in [0.15, 0.2) is 11.6 Å². The summed E-state index contributed by atoms with van der Waals surface area (Å²) in [5.74, 6) is 0. The lowest BCUT2D eigenvalue weighted by atomic mass is 10.1. The van der Waals surface area contributed by atoms with Gasteiger partial charge in [-0.1, -0.05) is 24.5 Å². The molecule has 2 aliphatic rings. The molecular weight excluding hydrogens is 200 g/mol. The van der Waals surface area contributed by atoms with E-state index < -0.39 is 0 Å². The van der Waals surface area contributed by atoms with Gasteiger partial charge in [0.15, 0.2) is 0 Å². The monoisotopic (exact) mass is 222 g/mol. The summed E-state index contributed by atoms with van der Waals surface area (Å²) in [6, 6.07) is 0.255. The summed E-state index contributed by atoms with van der Waals surface area (Å²) in [5, 5.41) is 0. The number of rotatable bonds is 0. The molecule has 2 aliphatic heterocycles. The van der Waals surface area contributed by atoms with Crippen molar-refractivity contribution < 1.29 is 4.79 Å². The summed E-state index contributed by atoms with van der Waals surface area (Å²) in [7, 11) is 0. The molecule has 0 bridgehead atoms. The second kappa shape index (κ2) is 5.37. The normalized spacial score (nSPS) is 22.7. The number of carbonyl (C=O) groups is 1. The van der Waals surface area contributed by atoms with E-state index in [0.29, 0.717) is 0 Å². The molecule has 0 radical (unpaired) electrons.